The summed E-state index contributed by atoms with van der Waals surface area (Å²) in [6, 6.07) is 0. The summed E-state index contributed by atoms with van der Waals surface area (Å²) >= 11 is 0. The van der Waals surface area contributed by atoms with Gasteiger partial charge in [-0.2, -0.15) is 0 Å². The zero-order chi connectivity index (χ0) is 17.4. The maximum atomic E-state index is 12.1. The minimum Gasteiger partial charge on any atom is -0.373 e. The second-order valence-corrected chi connectivity index (χ2v) is 7.86. The van der Waals surface area contributed by atoms with Crippen LogP contribution >= 0.6 is 0 Å². The largest absolute Gasteiger partial charge is 0.373 e. The second kappa shape index (κ2) is 10.4. The van der Waals surface area contributed by atoms with Gasteiger partial charge in [-0.3, -0.25) is 9.69 Å². The molecule has 0 radical (unpaired) electrons. The highest BCUT2D eigenvalue weighted by Gasteiger charge is 2.22. The highest BCUT2D eigenvalue weighted by atomic mass is 16.5. The number of piperidine rings is 1. The Morgan fingerprint density at radius 2 is 2.04 bits per heavy atom. The molecule has 4 atom stereocenters. The highest BCUT2D eigenvalue weighted by Crippen LogP contribution is 2.22. The molecule has 2 rings (SSSR count). The van der Waals surface area contributed by atoms with Crippen molar-refractivity contribution in [3.63, 3.8) is 0 Å². The third kappa shape index (κ3) is 7.08. The van der Waals surface area contributed by atoms with Gasteiger partial charge in [0, 0.05) is 26.1 Å². The molecule has 2 aliphatic heterocycles. The van der Waals surface area contributed by atoms with Crippen LogP contribution in [0, 0.1) is 11.8 Å². The lowest BCUT2D eigenvalue weighted by Crippen LogP contribution is -2.45. The summed E-state index contributed by atoms with van der Waals surface area (Å²) in [5.74, 6) is 1.37. The van der Waals surface area contributed by atoms with Crippen LogP contribution < -0.4 is 10.6 Å². The molecule has 1 amide bonds. The molecule has 0 aliphatic carbocycles. The zero-order valence-electron chi connectivity index (χ0n) is 15.9. The van der Waals surface area contributed by atoms with Crippen molar-refractivity contribution in [1.29, 1.82) is 0 Å². The van der Waals surface area contributed by atoms with Crippen LogP contribution in [0.3, 0.4) is 0 Å². The number of amides is 1. The van der Waals surface area contributed by atoms with Gasteiger partial charge < -0.3 is 15.4 Å². The summed E-state index contributed by atoms with van der Waals surface area (Å²) in [7, 11) is 0. The summed E-state index contributed by atoms with van der Waals surface area (Å²) < 4.78 is 5.76. The maximum absolute atomic E-state index is 12.1. The van der Waals surface area contributed by atoms with Gasteiger partial charge in [0.05, 0.1) is 12.2 Å². The number of ether oxygens (including phenoxy) is 1. The zero-order valence-corrected chi connectivity index (χ0v) is 15.9. The topological polar surface area (TPSA) is 53.6 Å². The molecule has 4 unspecified atom stereocenters. The smallest absolute Gasteiger partial charge is 0.220 e. The van der Waals surface area contributed by atoms with Gasteiger partial charge in [0.25, 0.3) is 0 Å². The van der Waals surface area contributed by atoms with Crippen molar-refractivity contribution in [3.05, 3.63) is 0 Å². The minimum absolute atomic E-state index is 0.224. The number of nitrogens with one attached hydrogen (secondary N) is 2. The quantitative estimate of drug-likeness (QED) is 0.664. The van der Waals surface area contributed by atoms with E-state index in [0.29, 0.717) is 30.5 Å². The molecule has 2 N–H and O–H groups in total. The standard InChI is InChI=1S/C19H37N3O2/c1-15(18-7-6-8-20-12-18)11-19(23)21-9-4-5-10-22-13-16(2)24-17(3)14-22/h15-18,20H,4-14H2,1-3H3,(H,21,23). The molecule has 2 heterocycles. The van der Waals surface area contributed by atoms with Crippen molar-refractivity contribution in [3.8, 4) is 0 Å². The lowest BCUT2D eigenvalue weighted by Gasteiger charge is -2.35. The van der Waals surface area contributed by atoms with Crippen LogP contribution in [0.15, 0.2) is 0 Å². The van der Waals surface area contributed by atoms with E-state index < -0.39 is 0 Å². The molecule has 2 saturated heterocycles. The van der Waals surface area contributed by atoms with Gasteiger partial charge in [0.1, 0.15) is 0 Å². The van der Waals surface area contributed by atoms with E-state index in [9.17, 15) is 4.79 Å². The molecule has 140 valence electrons. The Kier molecular flexibility index (Phi) is 8.50. The van der Waals surface area contributed by atoms with E-state index in [4.69, 9.17) is 4.74 Å². The number of carbonyl (C=O) groups excluding carboxylic acids is 1. The van der Waals surface area contributed by atoms with Crippen molar-refractivity contribution in [2.45, 2.75) is 65.1 Å². The molecule has 24 heavy (non-hydrogen) atoms. The summed E-state index contributed by atoms with van der Waals surface area (Å²) in [5.41, 5.74) is 0. The fraction of sp³-hybridized carbons (Fsp3) is 0.947. The van der Waals surface area contributed by atoms with Gasteiger partial charge in [0.15, 0.2) is 0 Å². The SMILES string of the molecule is CC1CN(CCCCNC(=O)CC(C)C2CCCNC2)CC(C)O1. The predicted octanol–water partition coefficient (Wildman–Crippen LogP) is 2.02. The van der Waals surface area contributed by atoms with Gasteiger partial charge in [-0.25, -0.2) is 0 Å². The van der Waals surface area contributed by atoms with Crippen molar-refractivity contribution >= 4 is 5.91 Å². The van der Waals surface area contributed by atoms with Crippen LogP contribution in [0.25, 0.3) is 0 Å². The predicted molar refractivity (Wildman–Crippen MR) is 98.1 cm³/mol. The van der Waals surface area contributed by atoms with Gasteiger partial charge >= 0.3 is 0 Å². The fourth-order valence-corrected chi connectivity index (χ4v) is 4.05. The molecule has 0 aromatic carbocycles. The average molecular weight is 340 g/mol. The van der Waals surface area contributed by atoms with E-state index in [1.807, 2.05) is 0 Å². The monoisotopic (exact) mass is 339 g/mol. The molecule has 0 spiro atoms. The number of morpholine rings is 1. The number of rotatable bonds is 8. The van der Waals surface area contributed by atoms with Crippen molar-refractivity contribution in [1.82, 2.24) is 15.5 Å². The van der Waals surface area contributed by atoms with E-state index in [1.54, 1.807) is 0 Å². The van der Waals surface area contributed by atoms with Crippen LogP contribution in [0.5, 0.6) is 0 Å². The van der Waals surface area contributed by atoms with Crippen LogP contribution in [-0.2, 0) is 9.53 Å². The van der Waals surface area contributed by atoms with Crippen LogP contribution in [0.1, 0.15) is 52.9 Å². The molecule has 0 aromatic rings. The molecule has 2 fully saturated rings. The number of hydrogen-bond acceptors (Lipinski definition) is 4. The molecule has 0 saturated carbocycles. The van der Waals surface area contributed by atoms with Crippen LogP contribution in [0.2, 0.25) is 0 Å². The van der Waals surface area contributed by atoms with Gasteiger partial charge in [-0.1, -0.05) is 6.92 Å². The average Bonchev–Trinajstić information content (AvgIpc) is 2.54. The number of nitrogens with zero attached hydrogens (tertiary/aromatic N) is 1. The molecule has 5 heteroatoms. The number of hydrogen-bond donors (Lipinski definition) is 2. The second-order valence-electron chi connectivity index (χ2n) is 7.86. The number of carbonyl (C=O) groups is 1. The summed E-state index contributed by atoms with van der Waals surface area (Å²) in [6.45, 7) is 12.7. The van der Waals surface area contributed by atoms with Crippen molar-refractivity contribution in [2.24, 2.45) is 11.8 Å². The lowest BCUT2D eigenvalue weighted by molar-refractivity contribution is -0.122. The van der Waals surface area contributed by atoms with Gasteiger partial charge in [0.2, 0.25) is 5.91 Å². The van der Waals surface area contributed by atoms with Crippen molar-refractivity contribution in [2.75, 3.05) is 39.3 Å². The van der Waals surface area contributed by atoms with Gasteiger partial charge in [-0.15, -0.1) is 0 Å². The molecular weight excluding hydrogens is 302 g/mol. The van der Waals surface area contributed by atoms with E-state index in [1.165, 1.54) is 12.8 Å². The van der Waals surface area contributed by atoms with E-state index in [2.05, 4.69) is 36.3 Å². The van der Waals surface area contributed by atoms with Crippen LogP contribution in [0.4, 0.5) is 0 Å². The van der Waals surface area contributed by atoms with Gasteiger partial charge in [-0.05, 0) is 71.0 Å². The van der Waals surface area contributed by atoms with Crippen LogP contribution in [-0.4, -0.2) is 62.3 Å². The van der Waals surface area contributed by atoms with E-state index in [-0.39, 0.29) is 5.91 Å². The molecule has 0 aromatic heterocycles. The number of unbranched alkanes of at least 4 members (excludes halogenated alkanes) is 1. The molecule has 5 nitrogen and oxygen atoms in total. The Morgan fingerprint density at radius 1 is 1.29 bits per heavy atom. The molecular formula is C19H37N3O2. The summed E-state index contributed by atoms with van der Waals surface area (Å²) in [4.78, 5) is 14.6. The van der Waals surface area contributed by atoms with E-state index >= 15 is 0 Å². The Bertz CT molecular complexity index is 362. The third-order valence-electron chi connectivity index (χ3n) is 5.37. The normalized spacial score (nSPS) is 30.0. The first kappa shape index (κ1) is 19.7. The minimum atomic E-state index is 0.224. The third-order valence-corrected chi connectivity index (χ3v) is 5.37. The first-order valence-corrected chi connectivity index (χ1v) is 9.90. The maximum Gasteiger partial charge on any atom is 0.220 e. The molecule has 2 aliphatic rings. The summed E-state index contributed by atoms with van der Waals surface area (Å²) in [5, 5.41) is 6.55. The first-order valence-electron chi connectivity index (χ1n) is 9.90. The van der Waals surface area contributed by atoms with Crippen molar-refractivity contribution < 1.29 is 9.53 Å². The molecule has 0 bridgehead atoms. The lowest BCUT2D eigenvalue weighted by atomic mass is 9.85. The summed E-state index contributed by atoms with van der Waals surface area (Å²) in [6.07, 6.45) is 6.05. The fourth-order valence-electron chi connectivity index (χ4n) is 4.05. The Morgan fingerprint density at radius 3 is 2.71 bits per heavy atom. The Labute approximate surface area is 147 Å². The Hall–Kier alpha value is -0.650. The highest BCUT2D eigenvalue weighted by molar-refractivity contribution is 5.76. The van der Waals surface area contributed by atoms with E-state index in [0.717, 1.165) is 52.1 Å². The Balaban J connectivity index is 1.51. The first-order chi connectivity index (χ1) is 11.5.